The Morgan fingerprint density at radius 3 is 2.62 bits per heavy atom. The van der Waals surface area contributed by atoms with E-state index >= 15 is 0 Å². The van der Waals surface area contributed by atoms with Crippen LogP contribution in [-0.2, 0) is 0 Å². The van der Waals surface area contributed by atoms with Crippen LogP contribution in [0, 0.1) is 5.41 Å². The van der Waals surface area contributed by atoms with Gasteiger partial charge in [0.05, 0.1) is 0 Å². The molecule has 0 spiro atoms. The predicted octanol–water partition coefficient (Wildman–Crippen LogP) is 4.29. The highest BCUT2D eigenvalue weighted by molar-refractivity contribution is 4.91. The van der Waals surface area contributed by atoms with Gasteiger partial charge in [-0.15, -0.1) is 6.58 Å². The number of hydrogen-bond donors (Lipinski definition) is 1. The van der Waals surface area contributed by atoms with Gasteiger partial charge in [-0.05, 0) is 50.5 Å². The Morgan fingerprint density at radius 2 is 2.06 bits per heavy atom. The highest BCUT2D eigenvalue weighted by Gasteiger charge is 2.35. The van der Waals surface area contributed by atoms with E-state index in [1.807, 2.05) is 6.08 Å². The summed E-state index contributed by atoms with van der Waals surface area (Å²) in [7, 11) is 0. The van der Waals surface area contributed by atoms with Crippen molar-refractivity contribution in [2.75, 3.05) is 6.54 Å². The molecule has 1 heteroatoms. The van der Waals surface area contributed by atoms with E-state index in [4.69, 9.17) is 0 Å². The summed E-state index contributed by atoms with van der Waals surface area (Å²) >= 11 is 0. The van der Waals surface area contributed by atoms with Gasteiger partial charge < -0.3 is 5.32 Å². The van der Waals surface area contributed by atoms with Crippen LogP contribution in [0.1, 0.15) is 65.2 Å². The van der Waals surface area contributed by atoms with Crippen LogP contribution in [0.5, 0.6) is 0 Å². The number of hydrogen-bond acceptors (Lipinski definition) is 1. The van der Waals surface area contributed by atoms with Crippen LogP contribution in [0.2, 0.25) is 0 Å². The molecule has 94 valence electrons. The van der Waals surface area contributed by atoms with Crippen molar-refractivity contribution in [2.45, 2.75) is 71.3 Å². The molecule has 1 aliphatic rings. The van der Waals surface area contributed by atoms with Gasteiger partial charge in [0.25, 0.3) is 0 Å². The molecule has 0 aromatic carbocycles. The van der Waals surface area contributed by atoms with Crippen molar-refractivity contribution >= 4 is 0 Å². The number of rotatable bonds is 8. The van der Waals surface area contributed by atoms with Crippen LogP contribution in [0.15, 0.2) is 12.7 Å². The van der Waals surface area contributed by atoms with Gasteiger partial charge in [-0.1, -0.05) is 32.8 Å². The number of allylic oxidation sites excluding steroid dienone is 1. The molecule has 0 radical (unpaired) electrons. The molecule has 0 amide bonds. The molecule has 1 nitrogen and oxygen atoms in total. The highest BCUT2D eigenvalue weighted by atomic mass is 14.9. The number of nitrogens with one attached hydrogen (secondary N) is 1. The first-order valence-corrected chi connectivity index (χ1v) is 7.07. The normalized spacial score (nSPS) is 20.9. The predicted molar refractivity (Wildman–Crippen MR) is 72.7 cm³/mol. The molecule has 1 atom stereocenters. The largest absolute Gasteiger partial charge is 0.313 e. The van der Waals surface area contributed by atoms with E-state index in [0.717, 1.165) is 6.04 Å². The van der Waals surface area contributed by atoms with Gasteiger partial charge in [-0.3, -0.25) is 0 Å². The van der Waals surface area contributed by atoms with Crippen LogP contribution in [0.25, 0.3) is 0 Å². The van der Waals surface area contributed by atoms with Crippen LogP contribution in [0.3, 0.4) is 0 Å². The van der Waals surface area contributed by atoms with Crippen molar-refractivity contribution in [3.8, 4) is 0 Å². The lowest BCUT2D eigenvalue weighted by Crippen LogP contribution is -2.42. The molecule has 0 aromatic rings. The van der Waals surface area contributed by atoms with E-state index in [1.54, 1.807) is 0 Å². The van der Waals surface area contributed by atoms with Crippen molar-refractivity contribution in [3.63, 3.8) is 0 Å². The third-order valence-corrected chi connectivity index (χ3v) is 4.13. The van der Waals surface area contributed by atoms with Crippen molar-refractivity contribution < 1.29 is 0 Å². The first-order chi connectivity index (χ1) is 7.73. The topological polar surface area (TPSA) is 12.0 Å². The summed E-state index contributed by atoms with van der Waals surface area (Å²) in [6.45, 7) is 9.73. The van der Waals surface area contributed by atoms with Crippen LogP contribution < -0.4 is 5.32 Å². The third-order valence-electron chi connectivity index (χ3n) is 4.13. The quantitative estimate of drug-likeness (QED) is 0.478. The average molecular weight is 223 g/mol. The first kappa shape index (κ1) is 13.8. The zero-order valence-corrected chi connectivity index (χ0v) is 11.2. The molecule has 1 rings (SSSR count). The molecular weight excluding hydrogens is 194 g/mol. The summed E-state index contributed by atoms with van der Waals surface area (Å²) in [5.41, 5.74) is 0.566. The maximum absolute atomic E-state index is 3.81. The molecule has 1 fully saturated rings. The van der Waals surface area contributed by atoms with Crippen LogP contribution in [-0.4, -0.2) is 12.6 Å². The Labute approximate surface area is 102 Å². The summed E-state index contributed by atoms with van der Waals surface area (Å²) < 4.78 is 0. The van der Waals surface area contributed by atoms with Gasteiger partial charge in [-0.25, -0.2) is 0 Å². The van der Waals surface area contributed by atoms with Crippen molar-refractivity contribution in [3.05, 3.63) is 12.7 Å². The fraction of sp³-hybridized carbons (Fsp3) is 0.867. The lowest BCUT2D eigenvalue weighted by Gasteiger charge is -2.35. The number of unbranched alkanes of at least 4 members (excludes halogenated alkanes) is 1. The summed E-state index contributed by atoms with van der Waals surface area (Å²) in [5.74, 6) is 0. The zero-order chi connectivity index (χ0) is 11.9. The minimum atomic E-state index is 0.566. The van der Waals surface area contributed by atoms with E-state index in [1.165, 1.54) is 57.9 Å². The smallest absolute Gasteiger partial charge is 0.0121 e. The van der Waals surface area contributed by atoms with E-state index in [0.29, 0.717) is 5.41 Å². The summed E-state index contributed by atoms with van der Waals surface area (Å²) in [5, 5.41) is 3.78. The molecule has 16 heavy (non-hydrogen) atoms. The second-order valence-electron chi connectivity index (χ2n) is 5.59. The fourth-order valence-corrected chi connectivity index (χ4v) is 3.01. The van der Waals surface area contributed by atoms with E-state index in [2.05, 4.69) is 25.7 Å². The highest BCUT2D eigenvalue weighted by Crippen LogP contribution is 2.42. The molecule has 0 aromatic heterocycles. The summed E-state index contributed by atoms with van der Waals surface area (Å²) in [6, 6.07) is 0.731. The van der Waals surface area contributed by atoms with Gasteiger partial charge >= 0.3 is 0 Å². The molecule has 1 unspecified atom stereocenters. The summed E-state index contributed by atoms with van der Waals surface area (Å²) in [6.07, 6.45) is 12.8. The molecule has 1 saturated carbocycles. The van der Waals surface area contributed by atoms with Gasteiger partial charge in [0, 0.05) is 6.04 Å². The average Bonchev–Trinajstić information content (AvgIpc) is 2.71. The second-order valence-corrected chi connectivity index (χ2v) is 5.59. The molecular formula is C15H29N. The standard InChI is InChI=1S/C15H29N/c1-4-6-7-10-14(16-13-5-2)15(3)11-8-9-12-15/h4,14,16H,1,5-13H2,2-3H3. The van der Waals surface area contributed by atoms with E-state index in [9.17, 15) is 0 Å². The molecule has 0 heterocycles. The molecule has 0 saturated heterocycles. The Kier molecular flexibility index (Phi) is 6.12. The Balaban J connectivity index is 2.44. The lowest BCUT2D eigenvalue weighted by atomic mass is 9.78. The first-order valence-electron chi connectivity index (χ1n) is 7.07. The van der Waals surface area contributed by atoms with E-state index < -0.39 is 0 Å². The van der Waals surface area contributed by atoms with Crippen LogP contribution in [0.4, 0.5) is 0 Å². The fourth-order valence-electron chi connectivity index (χ4n) is 3.01. The monoisotopic (exact) mass is 223 g/mol. The second kappa shape index (κ2) is 7.11. The minimum Gasteiger partial charge on any atom is -0.313 e. The van der Waals surface area contributed by atoms with Gasteiger partial charge in [0.15, 0.2) is 0 Å². The Bertz CT molecular complexity index is 192. The molecule has 1 aliphatic carbocycles. The SMILES string of the molecule is C=CCCCC(NCCC)C1(C)CCCC1. The molecule has 1 N–H and O–H groups in total. The molecule has 0 bridgehead atoms. The minimum absolute atomic E-state index is 0.566. The van der Waals surface area contributed by atoms with Crippen LogP contribution >= 0.6 is 0 Å². The lowest BCUT2D eigenvalue weighted by molar-refractivity contribution is 0.208. The van der Waals surface area contributed by atoms with Crippen molar-refractivity contribution in [1.82, 2.24) is 5.32 Å². The van der Waals surface area contributed by atoms with Gasteiger partial charge in [-0.2, -0.15) is 0 Å². The Morgan fingerprint density at radius 1 is 1.38 bits per heavy atom. The van der Waals surface area contributed by atoms with E-state index in [-0.39, 0.29) is 0 Å². The summed E-state index contributed by atoms with van der Waals surface area (Å²) in [4.78, 5) is 0. The Hall–Kier alpha value is -0.300. The zero-order valence-electron chi connectivity index (χ0n) is 11.2. The van der Waals surface area contributed by atoms with Crippen molar-refractivity contribution in [2.24, 2.45) is 5.41 Å². The third kappa shape index (κ3) is 3.93. The van der Waals surface area contributed by atoms with Crippen molar-refractivity contribution in [1.29, 1.82) is 0 Å². The van der Waals surface area contributed by atoms with Gasteiger partial charge in [0.1, 0.15) is 0 Å². The van der Waals surface area contributed by atoms with Gasteiger partial charge in [0.2, 0.25) is 0 Å². The molecule has 0 aliphatic heterocycles. The maximum Gasteiger partial charge on any atom is 0.0121 e. The maximum atomic E-state index is 3.81.